The van der Waals surface area contributed by atoms with Crippen molar-refractivity contribution < 1.29 is 22.8 Å². The summed E-state index contributed by atoms with van der Waals surface area (Å²) in [6.45, 7) is 2.27. The number of furan rings is 1. The van der Waals surface area contributed by atoms with E-state index in [1.165, 1.54) is 31.3 Å². The SMILES string of the molecule is CCN(C(=O)c1cccc(-c2ccc3oc(-c4ccc(F)cc4)c(C(=O)NC)c3c2)c1)c1ccc(F)cc1. The number of rotatable bonds is 6. The van der Waals surface area contributed by atoms with Crippen molar-refractivity contribution in [2.75, 3.05) is 18.5 Å². The molecule has 1 heterocycles. The van der Waals surface area contributed by atoms with Gasteiger partial charge in [0.05, 0.1) is 5.56 Å². The van der Waals surface area contributed by atoms with Gasteiger partial charge in [-0.05, 0) is 90.8 Å². The second-order valence-corrected chi connectivity index (χ2v) is 8.71. The van der Waals surface area contributed by atoms with Crippen molar-refractivity contribution in [3.8, 4) is 22.5 Å². The normalized spacial score (nSPS) is 10.9. The number of fused-ring (bicyclic) bond motifs is 1. The molecule has 4 aromatic carbocycles. The molecule has 0 saturated heterocycles. The number of nitrogens with zero attached hydrogens (tertiary/aromatic N) is 1. The van der Waals surface area contributed by atoms with Crippen LogP contribution in [0.15, 0.2) is 95.4 Å². The lowest BCUT2D eigenvalue weighted by Crippen LogP contribution is -2.30. The van der Waals surface area contributed by atoms with Gasteiger partial charge in [-0.3, -0.25) is 9.59 Å². The minimum atomic E-state index is -0.385. The van der Waals surface area contributed by atoms with E-state index in [0.717, 1.165) is 11.1 Å². The van der Waals surface area contributed by atoms with E-state index in [2.05, 4.69) is 5.32 Å². The van der Waals surface area contributed by atoms with Crippen LogP contribution < -0.4 is 10.2 Å². The molecule has 1 aromatic heterocycles. The Balaban J connectivity index is 1.56. The molecule has 5 rings (SSSR count). The Labute approximate surface area is 218 Å². The summed E-state index contributed by atoms with van der Waals surface area (Å²) in [5.74, 6) is -0.952. The molecule has 5 nitrogen and oxygen atoms in total. The Hall–Kier alpha value is -4.78. The maximum atomic E-state index is 13.5. The van der Waals surface area contributed by atoms with Crippen molar-refractivity contribution in [1.82, 2.24) is 5.32 Å². The lowest BCUT2D eigenvalue weighted by molar-refractivity contribution is 0.0962. The van der Waals surface area contributed by atoms with Crippen molar-refractivity contribution in [1.29, 1.82) is 0 Å². The Kier molecular flexibility index (Phi) is 6.75. The summed E-state index contributed by atoms with van der Waals surface area (Å²) in [7, 11) is 1.54. The molecule has 190 valence electrons. The predicted molar refractivity (Wildman–Crippen MR) is 144 cm³/mol. The van der Waals surface area contributed by atoms with E-state index in [1.807, 2.05) is 25.1 Å². The lowest BCUT2D eigenvalue weighted by Gasteiger charge is -2.21. The van der Waals surface area contributed by atoms with Crippen LogP contribution in [0.3, 0.4) is 0 Å². The quantitative estimate of drug-likeness (QED) is 0.266. The molecular formula is C31H24F2N2O3. The van der Waals surface area contributed by atoms with Crippen LogP contribution in [0.4, 0.5) is 14.5 Å². The maximum absolute atomic E-state index is 13.5. The van der Waals surface area contributed by atoms with Crippen molar-refractivity contribution >= 4 is 28.5 Å². The molecule has 0 radical (unpaired) electrons. The monoisotopic (exact) mass is 510 g/mol. The minimum absolute atomic E-state index is 0.213. The number of carbonyl (C=O) groups excluding carboxylic acids is 2. The van der Waals surface area contributed by atoms with Crippen LogP contribution in [0.5, 0.6) is 0 Å². The molecule has 0 spiro atoms. The van der Waals surface area contributed by atoms with Crippen molar-refractivity contribution in [2.24, 2.45) is 0 Å². The zero-order valence-electron chi connectivity index (χ0n) is 20.8. The molecule has 0 aliphatic heterocycles. The van der Waals surface area contributed by atoms with Crippen LogP contribution in [0.2, 0.25) is 0 Å². The highest BCUT2D eigenvalue weighted by molar-refractivity contribution is 6.12. The summed E-state index contributed by atoms with van der Waals surface area (Å²) in [5.41, 5.74) is 4.07. The summed E-state index contributed by atoms with van der Waals surface area (Å²) in [4.78, 5) is 27.8. The lowest BCUT2D eigenvalue weighted by atomic mass is 9.98. The number of amides is 2. The average Bonchev–Trinajstić information content (AvgIpc) is 3.33. The molecule has 0 saturated carbocycles. The first-order chi connectivity index (χ1) is 18.4. The summed E-state index contributed by atoms with van der Waals surface area (Å²) in [6, 6.07) is 24.2. The highest BCUT2D eigenvalue weighted by Gasteiger charge is 2.22. The second kappa shape index (κ2) is 10.3. The zero-order valence-corrected chi connectivity index (χ0v) is 20.8. The van der Waals surface area contributed by atoms with Gasteiger partial charge in [-0.2, -0.15) is 0 Å². The Morgan fingerprint density at radius 3 is 2.11 bits per heavy atom. The largest absolute Gasteiger partial charge is 0.455 e. The van der Waals surface area contributed by atoms with Crippen LogP contribution in [-0.2, 0) is 0 Å². The van der Waals surface area contributed by atoms with Gasteiger partial charge in [0.25, 0.3) is 11.8 Å². The van der Waals surface area contributed by atoms with E-state index in [1.54, 1.807) is 53.4 Å². The fourth-order valence-electron chi connectivity index (χ4n) is 4.48. The predicted octanol–water partition coefficient (Wildman–Crippen LogP) is 7.07. The first-order valence-corrected chi connectivity index (χ1v) is 12.1. The van der Waals surface area contributed by atoms with Gasteiger partial charge >= 0.3 is 0 Å². The fourth-order valence-corrected chi connectivity index (χ4v) is 4.48. The molecule has 0 atom stereocenters. The molecule has 0 aliphatic rings. The standard InChI is InChI=1S/C31H24F2N2O3/c1-3-35(25-14-12-24(33)13-15-25)31(37)22-6-4-5-20(17-22)21-9-16-27-26(18-21)28(30(36)34-2)29(38-27)19-7-10-23(32)11-8-19/h4-18H,3H2,1-2H3,(H,34,36). The fraction of sp³-hybridized carbons (Fsp3) is 0.0968. The van der Waals surface area contributed by atoms with Crippen LogP contribution in [0.25, 0.3) is 33.4 Å². The van der Waals surface area contributed by atoms with Gasteiger partial charge in [0.2, 0.25) is 0 Å². The van der Waals surface area contributed by atoms with Crippen molar-refractivity contribution in [3.05, 3.63) is 114 Å². The number of hydrogen-bond donors (Lipinski definition) is 1. The smallest absolute Gasteiger partial charge is 0.258 e. The Morgan fingerprint density at radius 2 is 1.45 bits per heavy atom. The van der Waals surface area contributed by atoms with Crippen molar-refractivity contribution in [3.63, 3.8) is 0 Å². The second-order valence-electron chi connectivity index (χ2n) is 8.71. The van der Waals surface area contributed by atoms with Gasteiger partial charge in [-0.25, -0.2) is 8.78 Å². The van der Waals surface area contributed by atoms with Gasteiger partial charge in [-0.15, -0.1) is 0 Å². The highest BCUT2D eigenvalue weighted by atomic mass is 19.1. The topological polar surface area (TPSA) is 62.6 Å². The Bertz CT molecular complexity index is 1640. The van der Waals surface area contributed by atoms with Gasteiger partial charge in [0, 0.05) is 35.8 Å². The highest BCUT2D eigenvalue weighted by Crippen LogP contribution is 2.36. The number of carbonyl (C=O) groups is 2. The molecule has 0 fully saturated rings. The summed E-state index contributed by atoms with van der Waals surface area (Å²) in [5, 5.41) is 3.25. The number of anilines is 1. The molecule has 7 heteroatoms. The Morgan fingerprint density at radius 1 is 0.816 bits per heavy atom. The molecule has 1 N–H and O–H groups in total. The van der Waals surface area contributed by atoms with E-state index >= 15 is 0 Å². The van der Waals surface area contributed by atoms with E-state index < -0.39 is 0 Å². The first-order valence-electron chi connectivity index (χ1n) is 12.1. The van der Waals surface area contributed by atoms with E-state index in [0.29, 0.717) is 45.7 Å². The third-order valence-corrected chi connectivity index (χ3v) is 6.39. The summed E-state index contributed by atoms with van der Waals surface area (Å²) < 4.78 is 32.9. The van der Waals surface area contributed by atoms with Gasteiger partial charge in [0.15, 0.2) is 0 Å². The number of hydrogen-bond acceptors (Lipinski definition) is 3. The maximum Gasteiger partial charge on any atom is 0.258 e. The first kappa shape index (κ1) is 24.9. The molecule has 0 unspecified atom stereocenters. The molecule has 0 aliphatic carbocycles. The average molecular weight is 511 g/mol. The van der Waals surface area contributed by atoms with Gasteiger partial charge < -0.3 is 14.6 Å². The van der Waals surface area contributed by atoms with E-state index in [4.69, 9.17) is 4.42 Å². The van der Waals surface area contributed by atoms with E-state index in [-0.39, 0.29) is 23.4 Å². The van der Waals surface area contributed by atoms with Gasteiger partial charge in [-0.1, -0.05) is 18.2 Å². The molecule has 5 aromatic rings. The van der Waals surface area contributed by atoms with Crippen LogP contribution in [0, 0.1) is 11.6 Å². The number of nitrogens with one attached hydrogen (secondary N) is 1. The third-order valence-electron chi connectivity index (χ3n) is 6.39. The van der Waals surface area contributed by atoms with Crippen LogP contribution in [-0.4, -0.2) is 25.4 Å². The van der Waals surface area contributed by atoms with E-state index in [9.17, 15) is 18.4 Å². The number of halogens is 2. The number of benzene rings is 4. The minimum Gasteiger partial charge on any atom is -0.455 e. The van der Waals surface area contributed by atoms with Crippen LogP contribution >= 0.6 is 0 Å². The summed E-state index contributed by atoms with van der Waals surface area (Å²) in [6.07, 6.45) is 0. The molecule has 2 amide bonds. The summed E-state index contributed by atoms with van der Waals surface area (Å²) >= 11 is 0. The molecule has 0 bridgehead atoms. The third kappa shape index (κ3) is 4.66. The molecular weight excluding hydrogens is 486 g/mol. The van der Waals surface area contributed by atoms with Crippen LogP contribution in [0.1, 0.15) is 27.6 Å². The molecule has 38 heavy (non-hydrogen) atoms. The van der Waals surface area contributed by atoms with Gasteiger partial charge in [0.1, 0.15) is 23.0 Å². The van der Waals surface area contributed by atoms with Crippen molar-refractivity contribution in [2.45, 2.75) is 6.92 Å². The zero-order chi connectivity index (χ0) is 26.8.